The van der Waals surface area contributed by atoms with Gasteiger partial charge in [0.25, 0.3) is 10.0 Å². The van der Waals surface area contributed by atoms with Crippen LogP contribution in [-0.4, -0.2) is 49.1 Å². The van der Waals surface area contributed by atoms with Crippen LogP contribution in [0.25, 0.3) is 0 Å². The van der Waals surface area contributed by atoms with Crippen LogP contribution >= 0.6 is 0 Å². The molecule has 0 atom stereocenters. The Kier molecular flexibility index (Phi) is 6.08. The van der Waals surface area contributed by atoms with E-state index in [1.807, 2.05) is 20.8 Å². The van der Waals surface area contributed by atoms with Crippen LogP contribution in [0.4, 0.5) is 4.79 Å². The molecule has 25 heavy (non-hydrogen) atoms. The van der Waals surface area contributed by atoms with E-state index in [1.54, 1.807) is 23.1 Å². The van der Waals surface area contributed by atoms with Crippen LogP contribution in [-0.2, 0) is 14.8 Å². The first kappa shape index (κ1) is 19.7. The lowest BCUT2D eigenvalue weighted by atomic mass is 9.97. The van der Waals surface area contributed by atoms with Crippen LogP contribution in [0.3, 0.4) is 0 Å². The lowest BCUT2D eigenvalue weighted by molar-refractivity contribution is 0.0178. The average molecular weight is 369 g/mol. The third-order valence-corrected chi connectivity index (χ3v) is 5.69. The third kappa shape index (κ3) is 5.42. The van der Waals surface area contributed by atoms with Gasteiger partial charge < -0.3 is 9.64 Å². The Balaban J connectivity index is 1.88. The highest BCUT2D eigenvalue weighted by molar-refractivity contribution is 7.89. The van der Waals surface area contributed by atoms with E-state index >= 15 is 0 Å². The highest BCUT2D eigenvalue weighted by Gasteiger charge is 2.30. The van der Waals surface area contributed by atoms with Crippen molar-refractivity contribution in [2.45, 2.75) is 44.1 Å². The van der Waals surface area contributed by atoms with Gasteiger partial charge in [0.15, 0.2) is 0 Å². The number of hydrogen-bond acceptors (Lipinski definition) is 5. The molecule has 0 aromatic heterocycles. The molecule has 2 rings (SSSR count). The Labute approximate surface area is 149 Å². The molecule has 0 radical (unpaired) electrons. The van der Waals surface area contributed by atoms with E-state index in [-0.39, 0.29) is 23.5 Å². The molecule has 2 N–H and O–H groups in total. The molecule has 0 unspecified atom stereocenters. The van der Waals surface area contributed by atoms with E-state index < -0.39 is 15.6 Å². The molecule has 7 nitrogen and oxygen atoms in total. The van der Waals surface area contributed by atoms with Crippen molar-refractivity contribution in [2.24, 2.45) is 11.8 Å². The van der Waals surface area contributed by atoms with Crippen molar-refractivity contribution in [3.8, 4) is 0 Å². The number of nitrogens with zero attached hydrogens (tertiary/aromatic N) is 2. The summed E-state index contributed by atoms with van der Waals surface area (Å²) in [5.41, 5.74) is -0.522. The monoisotopic (exact) mass is 369 g/mol. The van der Waals surface area contributed by atoms with Gasteiger partial charge in [-0.05, 0) is 51.7 Å². The Hall–Kier alpha value is -1.64. The average Bonchev–Trinajstić information content (AvgIpc) is 2.54. The molecule has 1 aromatic rings. The summed E-state index contributed by atoms with van der Waals surface area (Å²) < 4.78 is 31.2. The van der Waals surface area contributed by atoms with Crippen LogP contribution in [0.1, 0.15) is 33.6 Å². The molecule has 0 bridgehead atoms. The van der Waals surface area contributed by atoms with Crippen LogP contribution in [0.15, 0.2) is 35.2 Å². The summed E-state index contributed by atoms with van der Waals surface area (Å²) in [5, 5.41) is 0. The number of nitrogens with two attached hydrogens (primary N) is 1. The largest absolute Gasteiger partial charge is 0.444 e. The number of hydrazine groups is 1. The predicted octanol–water partition coefficient (Wildman–Crippen LogP) is 2.20. The lowest BCUT2D eigenvalue weighted by Crippen LogP contribution is -2.46. The normalized spacial score (nSPS) is 16.9. The third-order valence-electron chi connectivity index (χ3n) is 4.05. The standard InChI is InChI=1S/C17H27N3O4S/c1-17(2,3)24-16(21)19-11-9-14(10-12-19)13-20(18)25(22,23)15-7-5-4-6-8-15/h4-8,14H,9-13,18H2,1-3H3. The molecule has 1 fully saturated rings. The molecule has 0 aliphatic carbocycles. The number of piperidine rings is 1. The van der Waals surface area contributed by atoms with E-state index in [0.717, 1.165) is 4.41 Å². The number of sulfonamides is 1. The van der Waals surface area contributed by atoms with E-state index in [0.29, 0.717) is 25.9 Å². The Morgan fingerprint density at radius 1 is 1.24 bits per heavy atom. The summed E-state index contributed by atoms with van der Waals surface area (Å²) >= 11 is 0. The second-order valence-corrected chi connectivity index (χ2v) is 9.19. The molecular formula is C17H27N3O4S. The van der Waals surface area contributed by atoms with E-state index in [2.05, 4.69) is 0 Å². The van der Waals surface area contributed by atoms with Gasteiger partial charge in [-0.15, -0.1) is 4.41 Å². The summed E-state index contributed by atoms with van der Waals surface area (Å²) in [7, 11) is -3.69. The molecule has 1 aliphatic rings. The number of amides is 1. The summed E-state index contributed by atoms with van der Waals surface area (Å²) in [6.45, 7) is 6.81. The molecular weight excluding hydrogens is 342 g/mol. The molecule has 0 spiro atoms. The van der Waals surface area contributed by atoms with Gasteiger partial charge in [-0.2, -0.15) is 0 Å². The maximum Gasteiger partial charge on any atom is 0.410 e. The highest BCUT2D eigenvalue weighted by Crippen LogP contribution is 2.22. The zero-order valence-corrected chi connectivity index (χ0v) is 15.8. The van der Waals surface area contributed by atoms with Gasteiger partial charge in [0.1, 0.15) is 5.60 Å². The maximum absolute atomic E-state index is 12.5. The van der Waals surface area contributed by atoms with Crippen molar-refractivity contribution in [1.82, 2.24) is 9.31 Å². The fourth-order valence-corrected chi connectivity index (χ4v) is 3.88. The molecule has 0 saturated carbocycles. The van der Waals surface area contributed by atoms with Crippen molar-refractivity contribution in [3.05, 3.63) is 30.3 Å². The number of carbonyl (C=O) groups is 1. The minimum atomic E-state index is -3.69. The smallest absolute Gasteiger partial charge is 0.410 e. The zero-order chi connectivity index (χ0) is 18.7. The van der Waals surface area contributed by atoms with Gasteiger partial charge in [-0.1, -0.05) is 18.2 Å². The second kappa shape index (κ2) is 7.72. The van der Waals surface area contributed by atoms with E-state index in [4.69, 9.17) is 10.6 Å². The minimum Gasteiger partial charge on any atom is -0.444 e. The molecule has 1 saturated heterocycles. The molecule has 140 valence electrons. The molecule has 1 amide bonds. The Bertz CT molecular complexity index is 678. The van der Waals surface area contributed by atoms with Crippen LogP contribution in [0, 0.1) is 5.92 Å². The van der Waals surface area contributed by atoms with Crippen LogP contribution in [0.2, 0.25) is 0 Å². The number of benzene rings is 1. The summed E-state index contributed by atoms with van der Waals surface area (Å²) in [6.07, 6.45) is 1.06. The predicted molar refractivity (Wildman–Crippen MR) is 95.1 cm³/mol. The van der Waals surface area contributed by atoms with Crippen molar-refractivity contribution in [1.29, 1.82) is 0 Å². The second-order valence-electron chi connectivity index (χ2n) is 7.30. The summed E-state index contributed by atoms with van der Waals surface area (Å²) in [4.78, 5) is 13.9. The maximum atomic E-state index is 12.5. The number of hydrogen-bond donors (Lipinski definition) is 1. The van der Waals surface area contributed by atoms with Gasteiger partial charge in [0.05, 0.1) is 4.90 Å². The van der Waals surface area contributed by atoms with Gasteiger partial charge in [-0.3, -0.25) is 5.84 Å². The molecule has 8 heteroatoms. The van der Waals surface area contributed by atoms with Crippen LogP contribution in [0.5, 0.6) is 0 Å². The lowest BCUT2D eigenvalue weighted by Gasteiger charge is -2.34. The first-order valence-corrected chi connectivity index (χ1v) is 9.84. The number of likely N-dealkylation sites (tertiary alicyclic amines) is 1. The SMILES string of the molecule is CC(C)(C)OC(=O)N1CCC(CN(N)S(=O)(=O)c2ccccc2)CC1. The minimum absolute atomic E-state index is 0.113. The molecule has 1 aromatic carbocycles. The first-order chi connectivity index (χ1) is 11.6. The highest BCUT2D eigenvalue weighted by atomic mass is 32.2. The fraction of sp³-hybridized carbons (Fsp3) is 0.588. The Morgan fingerprint density at radius 2 is 1.80 bits per heavy atom. The van der Waals surface area contributed by atoms with Crippen molar-refractivity contribution in [3.63, 3.8) is 0 Å². The number of carbonyl (C=O) groups excluding carboxylic acids is 1. The first-order valence-electron chi connectivity index (χ1n) is 8.40. The quantitative estimate of drug-likeness (QED) is 0.649. The van der Waals surface area contributed by atoms with Crippen molar-refractivity contribution < 1.29 is 17.9 Å². The summed E-state index contributed by atoms with van der Waals surface area (Å²) in [6, 6.07) is 8.15. The van der Waals surface area contributed by atoms with Crippen molar-refractivity contribution >= 4 is 16.1 Å². The zero-order valence-electron chi connectivity index (χ0n) is 15.0. The number of ether oxygens (including phenoxy) is 1. The van der Waals surface area contributed by atoms with E-state index in [9.17, 15) is 13.2 Å². The van der Waals surface area contributed by atoms with Crippen LogP contribution < -0.4 is 5.84 Å². The van der Waals surface area contributed by atoms with Crippen molar-refractivity contribution in [2.75, 3.05) is 19.6 Å². The van der Waals surface area contributed by atoms with Gasteiger partial charge in [-0.25, -0.2) is 13.2 Å². The van der Waals surface area contributed by atoms with E-state index in [1.165, 1.54) is 12.1 Å². The molecule has 1 aliphatic heterocycles. The summed E-state index contributed by atoms with van der Waals surface area (Å²) in [5.74, 6) is 5.95. The number of rotatable bonds is 4. The van der Waals surface area contributed by atoms with Gasteiger partial charge in [0.2, 0.25) is 0 Å². The Morgan fingerprint density at radius 3 is 2.32 bits per heavy atom. The van der Waals surface area contributed by atoms with Gasteiger partial charge >= 0.3 is 6.09 Å². The topological polar surface area (TPSA) is 92.9 Å². The van der Waals surface area contributed by atoms with Gasteiger partial charge in [0, 0.05) is 19.6 Å². The fourth-order valence-electron chi connectivity index (χ4n) is 2.71. The molecule has 1 heterocycles.